The lowest BCUT2D eigenvalue weighted by Gasteiger charge is -2.49. The number of fused-ring (bicyclic) bond motifs is 2. The predicted octanol–water partition coefficient (Wildman–Crippen LogP) is 1.83. The second-order valence-electron chi connectivity index (χ2n) is 8.73. The molecule has 5 saturated carbocycles. The van der Waals surface area contributed by atoms with Crippen LogP contribution in [0.15, 0.2) is 0 Å². The Morgan fingerprint density at radius 3 is 1.81 bits per heavy atom. The molecule has 5 aliphatic carbocycles. The summed E-state index contributed by atoms with van der Waals surface area (Å²) in [5, 5.41) is 0. The minimum Gasteiger partial charge on any atom is -0.422 e. The van der Waals surface area contributed by atoms with E-state index in [4.69, 9.17) is 9.47 Å². The van der Waals surface area contributed by atoms with E-state index < -0.39 is 11.7 Å². The molecule has 2 bridgehead atoms. The van der Waals surface area contributed by atoms with E-state index in [1.54, 1.807) is 13.8 Å². The molecule has 0 amide bonds. The lowest BCUT2D eigenvalue weighted by Crippen LogP contribution is -2.54. The van der Waals surface area contributed by atoms with Gasteiger partial charge in [-0.05, 0) is 66.1 Å². The summed E-state index contributed by atoms with van der Waals surface area (Å²) in [6.45, 7) is 3.28. The second kappa shape index (κ2) is 3.02. The van der Waals surface area contributed by atoms with Gasteiger partial charge in [-0.3, -0.25) is 9.59 Å². The summed E-state index contributed by atoms with van der Waals surface area (Å²) in [4.78, 5) is 25.0. The average Bonchev–Trinajstić information content (AvgIpc) is 2.85. The summed E-state index contributed by atoms with van der Waals surface area (Å²) in [6.07, 6.45) is 2.74. The zero-order valence-electron chi connectivity index (χ0n) is 12.3. The van der Waals surface area contributed by atoms with Gasteiger partial charge in [-0.25, -0.2) is 0 Å². The quantitative estimate of drug-likeness (QED) is 0.545. The highest BCUT2D eigenvalue weighted by Gasteiger charge is 2.82. The molecule has 0 N–H and O–H groups in total. The van der Waals surface area contributed by atoms with E-state index in [1.165, 1.54) is 12.8 Å². The maximum Gasteiger partial charge on any atom is 0.323 e. The number of rotatable bonds is 1. The first-order valence-electron chi connectivity index (χ1n) is 8.44. The van der Waals surface area contributed by atoms with Crippen molar-refractivity contribution in [1.82, 2.24) is 0 Å². The van der Waals surface area contributed by atoms with Crippen molar-refractivity contribution in [3.63, 3.8) is 0 Å². The molecule has 6 unspecified atom stereocenters. The van der Waals surface area contributed by atoms with Crippen molar-refractivity contribution in [2.75, 3.05) is 0 Å². The lowest BCUT2D eigenvalue weighted by molar-refractivity contribution is -0.246. The fourth-order valence-electron chi connectivity index (χ4n) is 8.04. The van der Waals surface area contributed by atoms with Crippen LogP contribution in [0, 0.1) is 59.2 Å². The highest BCUT2D eigenvalue weighted by Crippen LogP contribution is 2.85. The van der Waals surface area contributed by atoms with Crippen LogP contribution < -0.4 is 0 Å². The van der Waals surface area contributed by atoms with E-state index in [2.05, 4.69) is 0 Å². The predicted molar refractivity (Wildman–Crippen MR) is 70.4 cm³/mol. The summed E-state index contributed by atoms with van der Waals surface area (Å²) in [5.74, 6) is 4.14. The summed E-state index contributed by atoms with van der Waals surface area (Å²) in [6, 6.07) is 0. The molecule has 6 fully saturated rings. The zero-order valence-corrected chi connectivity index (χ0v) is 12.3. The van der Waals surface area contributed by atoms with Crippen LogP contribution in [0.25, 0.3) is 0 Å². The lowest BCUT2D eigenvalue weighted by atomic mass is 9.55. The summed E-state index contributed by atoms with van der Waals surface area (Å²) in [7, 11) is 0. The smallest absolute Gasteiger partial charge is 0.323 e. The maximum absolute atomic E-state index is 12.5. The van der Waals surface area contributed by atoms with E-state index in [0.717, 1.165) is 35.5 Å². The third kappa shape index (κ3) is 1.02. The molecule has 0 aromatic rings. The molecule has 21 heavy (non-hydrogen) atoms. The Kier molecular flexibility index (Phi) is 1.65. The third-order valence-corrected chi connectivity index (χ3v) is 7.97. The molecule has 0 spiro atoms. The van der Waals surface area contributed by atoms with Crippen molar-refractivity contribution >= 4 is 11.9 Å². The van der Waals surface area contributed by atoms with Gasteiger partial charge in [0.15, 0.2) is 5.92 Å². The topological polar surface area (TPSA) is 52.6 Å². The zero-order chi connectivity index (χ0) is 14.3. The van der Waals surface area contributed by atoms with Crippen LogP contribution in [0.5, 0.6) is 0 Å². The molecule has 1 saturated heterocycles. The van der Waals surface area contributed by atoms with Gasteiger partial charge in [0.05, 0.1) is 0 Å². The van der Waals surface area contributed by atoms with Crippen molar-refractivity contribution in [3.8, 4) is 0 Å². The number of ether oxygens (including phenoxy) is 2. The number of hydrogen-bond acceptors (Lipinski definition) is 4. The summed E-state index contributed by atoms with van der Waals surface area (Å²) >= 11 is 0. The van der Waals surface area contributed by atoms with Crippen LogP contribution in [-0.2, 0) is 19.1 Å². The first kappa shape index (κ1) is 11.5. The van der Waals surface area contributed by atoms with Crippen molar-refractivity contribution in [2.45, 2.75) is 32.5 Å². The highest BCUT2D eigenvalue weighted by atomic mass is 16.7. The Morgan fingerprint density at radius 1 is 0.762 bits per heavy atom. The largest absolute Gasteiger partial charge is 0.422 e. The van der Waals surface area contributed by atoms with E-state index in [0.29, 0.717) is 11.8 Å². The standard InChI is InChI=1S/C17H20O4/c1-17(2)20-15(18)14(16(19)21-17)13-10-6-4-7-9-5(6)3-8(10)11(9)12(7)13/h5-14H,3-4H2,1-2H3/t5-,6?,7?,8+,9?,10?,11?,12?,13+/m1/s1. The average molecular weight is 288 g/mol. The maximum atomic E-state index is 12.5. The molecule has 4 heteroatoms. The molecule has 6 aliphatic rings. The first-order valence-corrected chi connectivity index (χ1v) is 8.44. The summed E-state index contributed by atoms with van der Waals surface area (Å²) in [5.41, 5.74) is 0. The molecule has 1 heterocycles. The van der Waals surface area contributed by atoms with Gasteiger partial charge in [-0.2, -0.15) is 0 Å². The Hall–Kier alpha value is -1.06. The Labute approximate surface area is 123 Å². The van der Waals surface area contributed by atoms with Gasteiger partial charge in [0.2, 0.25) is 0 Å². The fourth-order valence-corrected chi connectivity index (χ4v) is 8.04. The third-order valence-electron chi connectivity index (χ3n) is 7.97. The number of carbonyl (C=O) groups excluding carboxylic acids is 2. The number of hydrogen-bond donors (Lipinski definition) is 0. The van der Waals surface area contributed by atoms with Gasteiger partial charge in [0.25, 0.3) is 5.79 Å². The number of esters is 2. The van der Waals surface area contributed by atoms with Gasteiger partial charge in [0, 0.05) is 13.8 Å². The van der Waals surface area contributed by atoms with E-state index in [9.17, 15) is 9.59 Å². The monoisotopic (exact) mass is 288 g/mol. The molecule has 1 aliphatic heterocycles. The minimum atomic E-state index is -1.09. The van der Waals surface area contributed by atoms with Crippen LogP contribution in [0.4, 0.5) is 0 Å². The van der Waals surface area contributed by atoms with Crippen molar-refractivity contribution in [3.05, 3.63) is 0 Å². The Balaban J connectivity index is 1.41. The minimum absolute atomic E-state index is 0.226. The number of cyclic esters (lactones) is 2. The van der Waals surface area contributed by atoms with Crippen molar-refractivity contribution in [2.24, 2.45) is 59.2 Å². The number of carbonyl (C=O) groups is 2. The molecule has 9 atom stereocenters. The highest BCUT2D eigenvalue weighted by molar-refractivity contribution is 5.97. The molecule has 0 aromatic carbocycles. The van der Waals surface area contributed by atoms with Gasteiger partial charge < -0.3 is 9.47 Å². The van der Waals surface area contributed by atoms with Gasteiger partial charge >= 0.3 is 11.9 Å². The van der Waals surface area contributed by atoms with E-state index in [1.807, 2.05) is 0 Å². The SMILES string of the molecule is CC1(C)OC(=O)C([C@@H]2C3C4CC5C2[C@@H]2C[C@H]5C4C32)C(=O)O1. The Bertz CT molecular complexity index is 570. The second-order valence-corrected chi connectivity index (χ2v) is 8.73. The molecule has 0 aromatic heterocycles. The van der Waals surface area contributed by atoms with Crippen LogP contribution >= 0.6 is 0 Å². The molecule has 112 valence electrons. The van der Waals surface area contributed by atoms with Gasteiger partial charge in [-0.15, -0.1) is 0 Å². The Morgan fingerprint density at radius 2 is 1.24 bits per heavy atom. The fraction of sp³-hybridized carbons (Fsp3) is 0.882. The molecular weight excluding hydrogens is 268 g/mol. The van der Waals surface area contributed by atoms with E-state index in [-0.39, 0.29) is 17.9 Å². The summed E-state index contributed by atoms with van der Waals surface area (Å²) < 4.78 is 10.8. The van der Waals surface area contributed by atoms with Crippen LogP contribution in [0.2, 0.25) is 0 Å². The first-order chi connectivity index (χ1) is 9.98. The molecular formula is C17H20O4. The van der Waals surface area contributed by atoms with Gasteiger partial charge in [-0.1, -0.05) is 0 Å². The van der Waals surface area contributed by atoms with Crippen molar-refractivity contribution < 1.29 is 19.1 Å². The molecule has 4 nitrogen and oxygen atoms in total. The van der Waals surface area contributed by atoms with Crippen LogP contribution in [-0.4, -0.2) is 17.7 Å². The normalized spacial score (nSPS) is 61.1. The van der Waals surface area contributed by atoms with Crippen molar-refractivity contribution in [1.29, 1.82) is 0 Å². The van der Waals surface area contributed by atoms with Crippen LogP contribution in [0.3, 0.4) is 0 Å². The molecule has 0 radical (unpaired) electrons. The van der Waals surface area contributed by atoms with E-state index >= 15 is 0 Å². The van der Waals surface area contributed by atoms with Gasteiger partial charge in [0.1, 0.15) is 0 Å². The molecule has 6 rings (SSSR count). The van der Waals surface area contributed by atoms with Crippen LogP contribution in [0.1, 0.15) is 26.7 Å².